The normalized spacial score (nSPS) is 18.2. The SMILES string of the molecule is Fc1cc(NC2CCCc3occc32)c(F)cc1Br. The van der Waals surface area contributed by atoms with Gasteiger partial charge in [0.05, 0.1) is 22.5 Å². The lowest BCUT2D eigenvalue weighted by atomic mass is 9.93. The standard InChI is InChI=1S/C14H12BrF2NO/c15-9-6-11(17)13(7-10(9)16)18-12-2-1-3-14-8(12)4-5-19-14/h4-7,12,18H,1-3H2. The molecule has 19 heavy (non-hydrogen) atoms. The minimum absolute atomic E-state index is 0.0300. The Hall–Kier alpha value is -1.36. The van der Waals surface area contributed by atoms with Crippen LogP contribution in [0.3, 0.4) is 0 Å². The van der Waals surface area contributed by atoms with E-state index in [0.717, 1.165) is 36.7 Å². The molecule has 0 bridgehead atoms. The van der Waals surface area contributed by atoms with Crippen molar-refractivity contribution in [3.63, 3.8) is 0 Å². The van der Waals surface area contributed by atoms with Crippen molar-refractivity contribution in [3.8, 4) is 0 Å². The number of hydrogen-bond acceptors (Lipinski definition) is 2. The summed E-state index contributed by atoms with van der Waals surface area (Å²) in [6.45, 7) is 0. The first kappa shape index (κ1) is 12.7. The summed E-state index contributed by atoms with van der Waals surface area (Å²) < 4.78 is 32.8. The molecular formula is C14H12BrF2NO. The third kappa shape index (κ3) is 2.39. The molecule has 1 aromatic heterocycles. The van der Waals surface area contributed by atoms with Crippen molar-refractivity contribution in [3.05, 3.63) is 51.9 Å². The number of benzene rings is 1. The minimum Gasteiger partial charge on any atom is -0.469 e. The molecule has 0 fully saturated rings. The molecule has 1 aliphatic carbocycles. The maximum atomic E-state index is 13.8. The number of rotatable bonds is 2. The summed E-state index contributed by atoms with van der Waals surface area (Å²) in [5.74, 6) is -0.0160. The number of fused-ring (bicyclic) bond motifs is 1. The lowest BCUT2D eigenvalue weighted by Crippen LogP contribution is -2.16. The Labute approximate surface area is 117 Å². The van der Waals surface area contributed by atoms with Crippen molar-refractivity contribution in [2.24, 2.45) is 0 Å². The van der Waals surface area contributed by atoms with E-state index in [1.807, 2.05) is 6.07 Å². The highest BCUT2D eigenvalue weighted by Gasteiger charge is 2.23. The average Bonchev–Trinajstić information content (AvgIpc) is 2.85. The Bertz CT molecular complexity index is 611. The Kier molecular flexibility index (Phi) is 3.31. The smallest absolute Gasteiger partial charge is 0.147 e. The Morgan fingerprint density at radius 1 is 1.26 bits per heavy atom. The molecule has 0 saturated carbocycles. The van der Waals surface area contributed by atoms with E-state index < -0.39 is 11.6 Å². The maximum absolute atomic E-state index is 13.8. The molecule has 0 radical (unpaired) electrons. The van der Waals surface area contributed by atoms with Crippen molar-refractivity contribution in [2.45, 2.75) is 25.3 Å². The summed E-state index contributed by atoms with van der Waals surface area (Å²) >= 11 is 2.97. The quantitative estimate of drug-likeness (QED) is 0.801. The number of furan rings is 1. The van der Waals surface area contributed by atoms with Gasteiger partial charge in [-0.15, -0.1) is 0 Å². The second-order valence-electron chi connectivity index (χ2n) is 4.63. The van der Waals surface area contributed by atoms with Crippen molar-refractivity contribution in [1.82, 2.24) is 0 Å². The second-order valence-corrected chi connectivity index (χ2v) is 5.49. The van der Waals surface area contributed by atoms with Gasteiger partial charge in [-0.2, -0.15) is 0 Å². The molecular weight excluding hydrogens is 316 g/mol. The minimum atomic E-state index is -0.480. The molecule has 1 aliphatic rings. The van der Waals surface area contributed by atoms with Crippen molar-refractivity contribution in [2.75, 3.05) is 5.32 Å². The predicted octanol–water partition coefficient (Wildman–Crippen LogP) is 4.81. The van der Waals surface area contributed by atoms with Crippen LogP contribution in [0.25, 0.3) is 0 Å². The van der Waals surface area contributed by atoms with E-state index in [4.69, 9.17) is 4.42 Å². The van der Waals surface area contributed by atoms with Gasteiger partial charge in [0.1, 0.15) is 17.4 Å². The number of nitrogens with one attached hydrogen (secondary N) is 1. The second kappa shape index (κ2) is 4.96. The van der Waals surface area contributed by atoms with Crippen LogP contribution >= 0.6 is 15.9 Å². The predicted molar refractivity (Wildman–Crippen MR) is 72.1 cm³/mol. The van der Waals surface area contributed by atoms with Crippen molar-refractivity contribution >= 4 is 21.6 Å². The molecule has 0 spiro atoms. The fourth-order valence-electron chi connectivity index (χ4n) is 2.46. The molecule has 1 aromatic carbocycles. The van der Waals surface area contributed by atoms with Gasteiger partial charge < -0.3 is 9.73 Å². The molecule has 5 heteroatoms. The van der Waals surface area contributed by atoms with Gasteiger partial charge in [0.2, 0.25) is 0 Å². The highest BCUT2D eigenvalue weighted by atomic mass is 79.9. The van der Waals surface area contributed by atoms with Crippen LogP contribution in [0.5, 0.6) is 0 Å². The number of aryl methyl sites for hydroxylation is 1. The third-order valence-corrected chi connectivity index (χ3v) is 4.00. The fraction of sp³-hybridized carbons (Fsp3) is 0.286. The van der Waals surface area contributed by atoms with E-state index in [1.54, 1.807) is 6.26 Å². The molecule has 1 heterocycles. The Morgan fingerprint density at radius 2 is 2.11 bits per heavy atom. The van der Waals surface area contributed by atoms with Crippen LogP contribution in [0.15, 0.2) is 33.4 Å². The summed E-state index contributed by atoms with van der Waals surface area (Å²) in [6, 6.07) is 4.17. The van der Waals surface area contributed by atoms with Crippen LogP contribution in [-0.4, -0.2) is 0 Å². The lowest BCUT2D eigenvalue weighted by Gasteiger charge is -2.24. The van der Waals surface area contributed by atoms with Crippen molar-refractivity contribution in [1.29, 1.82) is 0 Å². The Balaban J connectivity index is 1.89. The van der Waals surface area contributed by atoms with Gasteiger partial charge in [-0.1, -0.05) is 0 Å². The van der Waals surface area contributed by atoms with Crippen molar-refractivity contribution < 1.29 is 13.2 Å². The summed E-state index contributed by atoms with van der Waals surface area (Å²) in [5.41, 5.74) is 1.22. The molecule has 3 rings (SSSR count). The van der Waals surface area contributed by atoms with Crippen LogP contribution in [0.4, 0.5) is 14.5 Å². The van der Waals surface area contributed by atoms with Crippen LogP contribution in [-0.2, 0) is 6.42 Å². The zero-order valence-corrected chi connectivity index (χ0v) is 11.6. The topological polar surface area (TPSA) is 25.2 Å². The third-order valence-electron chi connectivity index (χ3n) is 3.39. The van der Waals surface area contributed by atoms with E-state index in [9.17, 15) is 8.78 Å². The lowest BCUT2D eigenvalue weighted by molar-refractivity contribution is 0.460. The zero-order chi connectivity index (χ0) is 13.4. The molecule has 1 unspecified atom stereocenters. The monoisotopic (exact) mass is 327 g/mol. The van der Waals surface area contributed by atoms with E-state index >= 15 is 0 Å². The van der Waals surface area contributed by atoms with Gasteiger partial charge in [-0.25, -0.2) is 8.78 Å². The first-order valence-corrected chi connectivity index (χ1v) is 6.92. The molecule has 0 aliphatic heterocycles. The van der Waals surface area contributed by atoms with E-state index in [-0.39, 0.29) is 16.2 Å². The van der Waals surface area contributed by atoms with E-state index in [0.29, 0.717) is 0 Å². The van der Waals surface area contributed by atoms with Gasteiger partial charge in [0.15, 0.2) is 0 Å². The average molecular weight is 328 g/mol. The van der Waals surface area contributed by atoms with Gasteiger partial charge in [0, 0.05) is 18.1 Å². The summed E-state index contributed by atoms with van der Waals surface area (Å²) in [4.78, 5) is 0. The number of hydrogen-bond donors (Lipinski definition) is 1. The summed E-state index contributed by atoms with van der Waals surface area (Å²) in [5, 5.41) is 3.06. The maximum Gasteiger partial charge on any atom is 0.147 e. The van der Waals surface area contributed by atoms with Gasteiger partial charge in [-0.3, -0.25) is 0 Å². The zero-order valence-electron chi connectivity index (χ0n) is 10.1. The molecule has 0 amide bonds. The van der Waals surface area contributed by atoms with Gasteiger partial charge >= 0.3 is 0 Å². The van der Waals surface area contributed by atoms with Crippen LogP contribution in [0, 0.1) is 11.6 Å². The molecule has 0 saturated heterocycles. The van der Waals surface area contributed by atoms with Gasteiger partial charge in [-0.05, 0) is 40.9 Å². The Morgan fingerprint density at radius 3 is 2.95 bits per heavy atom. The highest BCUT2D eigenvalue weighted by molar-refractivity contribution is 9.10. The first-order chi connectivity index (χ1) is 9.15. The fourth-order valence-corrected chi connectivity index (χ4v) is 2.77. The van der Waals surface area contributed by atoms with E-state index in [2.05, 4.69) is 21.2 Å². The molecule has 100 valence electrons. The summed E-state index contributed by atoms with van der Waals surface area (Å²) in [7, 11) is 0. The van der Waals surface area contributed by atoms with Gasteiger partial charge in [0.25, 0.3) is 0 Å². The number of halogens is 3. The van der Waals surface area contributed by atoms with Crippen LogP contribution in [0.1, 0.15) is 30.2 Å². The highest BCUT2D eigenvalue weighted by Crippen LogP contribution is 2.34. The largest absolute Gasteiger partial charge is 0.469 e. The number of anilines is 1. The van der Waals surface area contributed by atoms with E-state index in [1.165, 1.54) is 6.07 Å². The molecule has 2 nitrogen and oxygen atoms in total. The molecule has 1 N–H and O–H groups in total. The summed E-state index contributed by atoms with van der Waals surface area (Å²) in [6.07, 6.45) is 4.39. The molecule has 2 aromatic rings. The molecule has 1 atom stereocenters. The first-order valence-electron chi connectivity index (χ1n) is 6.12. The van der Waals surface area contributed by atoms with Crippen LogP contribution < -0.4 is 5.32 Å². The van der Waals surface area contributed by atoms with Crippen LogP contribution in [0.2, 0.25) is 0 Å².